The Labute approximate surface area is 89.3 Å². The third kappa shape index (κ3) is 3.18. The molecule has 0 amide bonds. The lowest BCUT2D eigenvalue weighted by Crippen LogP contribution is -2.12. The highest BCUT2D eigenvalue weighted by atomic mass is 19.1. The maximum Gasteiger partial charge on any atom is 0.165 e. The molecule has 0 atom stereocenters. The molecule has 0 saturated heterocycles. The van der Waals surface area contributed by atoms with Gasteiger partial charge < -0.3 is 15.7 Å². The minimum absolute atomic E-state index is 0.275. The van der Waals surface area contributed by atoms with Crippen LogP contribution >= 0.6 is 0 Å². The zero-order valence-corrected chi connectivity index (χ0v) is 9.13. The van der Waals surface area contributed by atoms with Crippen LogP contribution in [0.1, 0.15) is 11.1 Å². The molecular formula is C11H17FN2O. The molecule has 0 fully saturated rings. The van der Waals surface area contributed by atoms with Crippen LogP contribution in [0.5, 0.6) is 5.75 Å². The first-order valence-electron chi connectivity index (χ1n) is 4.89. The molecule has 0 saturated carbocycles. The van der Waals surface area contributed by atoms with Crippen molar-refractivity contribution in [2.45, 2.75) is 13.0 Å². The number of hydrogen-bond donors (Lipinski definition) is 2. The van der Waals surface area contributed by atoms with Crippen LogP contribution in [0.4, 0.5) is 4.39 Å². The Hall–Kier alpha value is -1.13. The summed E-state index contributed by atoms with van der Waals surface area (Å²) in [6, 6.07) is 3.15. The van der Waals surface area contributed by atoms with Gasteiger partial charge in [0.1, 0.15) is 0 Å². The van der Waals surface area contributed by atoms with E-state index in [1.54, 1.807) is 6.07 Å². The van der Waals surface area contributed by atoms with E-state index in [9.17, 15) is 9.50 Å². The van der Waals surface area contributed by atoms with E-state index in [4.69, 9.17) is 5.73 Å². The minimum Gasteiger partial charge on any atom is -0.505 e. The fourth-order valence-electron chi connectivity index (χ4n) is 1.52. The Bertz CT molecular complexity index is 340. The van der Waals surface area contributed by atoms with Crippen molar-refractivity contribution in [1.82, 2.24) is 4.90 Å². The zero-order valence-electron chi connectivity index (χ0n) is 9.13. The average molecular weight is 212 g/mol. The van der Waals surface area contributed by atoms with Crippen molar-refractivity contribution in [1.29, 1.82) is 0 Å². The summed E-state index contributed by atoms with van der Waals surface area (Å²) in [6.45, 7) is 1.05. The maximum atomic E-state index is 13.3. The summed E-state index contributed by atoms with van der Waals surface area (Å²) >= 11 is 0. The number of benzene rings is 1. The van der Waals surface area contributed by atoms with Crippen LogP contribution in [0.2, 0.25) is 0 Å². The van der Waals surface area contributed by atoms with E-state index in [1.807, 2.05) is 19.0 Å². The van der Waals surface area contributed by atoms with Crippen molar-refractivity contribution < 1.29 is 9.50 Å². The van der Waals surface area contributed by atoms with Gasteiger partial charge in [-0.05, 0) is 44.3 Å². The average Bonchev–Trinajstić information content (AvgIpc) is 2.12. The van der Waals surface area contributed by atoms with E-state index < -0.39 is 5.82 Å². The van der Waals surface area contributed by atoms with Gasteiger partial charge in [0.05, 0.1) is 0 Å². The van der Waals surface area contributed by atoms with Crippen LogP contribution in [0.15, 0.2) is 12.1 Å². The first-order valence-corrected chi connectivity index (χ1v) is 4.89. The molecule has 0 aromatic heterocycles. The SMILES string of the molecule is CN(C)Cc1cc(F)c(O)c(CCN)c1. The Morgan fingerprint density at radius 2 is 2.07 bits per heavy atom. The number of phenols is 1. The highest BCUT2D eigenvalue weighted by molar-refractivity contribution is 5.37. The summed E-state index contributed by atoms with van der Waals surface area (Å²) in [5, 5.41) is 9.44. The van der Waals surface area contributed by atoms with Gasteiger partial charge in [0, 0.05) is 6.54 Å². The Morgan fingerprint density at radius 1 is 1.40 bits per heavy atom. The van der Waals surface area contributed by atoms with Crippen molar-refractivity contribution in [2.24, 2.45) is 5.73 Å². The first kappa shape index (κ1) is 11.9. The van der Waals surface area contributed by atoms with Crippen molar-refractivity contribution >= 4 is 0 Å². The highest BCUT2D eigenvalue weighted by Crippen LogP contribution is 2.23. The van der Waals surface area contributed by atoms with Gasteiger partial charge in [-0.1, -0.05) is 6.07 Å². The highest BCUT2D eigenvalue weighted by Gasteiger charge is 2.09. The largest absolute Gasteiger partial charge is 0.505 e. The lowest BCUT2D eigenvalue weighted by Gasteiger charge is -2.12. The number of rotatable bonds is 4. The topological polar surface area (TPSA) is 49.5 Å². The van der Waals surface area contributed by atoms with E-state index in [1.165, 1.54) is 6.07 Å². The lowest BCUT2D eigenvalue weighted by atomic mass is 10.1. The maximum absolute atomic E-state index is 13.3. The van der Waals surface area contributed by atoms with Crippen LogP contribution in [-0.2, 0) is 13.0 Å². The second-order valence-corrected chi connectivity index (χ2v) is 3.86. The molecule has 1 rings (SSSR count). The minimum atomic E-state index is -0.571. The predicted octanol–water partition coefficient (Wildman–Crippen LogP) is 1.09. The second-order valence-electron chi connectivity index (χ2n) is 3.86. The molecule has 1 aromatic carbocycles. The van der Waals surface area contributed by atoms with Crippen molar-refractivity contribution in [3.63, 3.8) is 0 Å². The number of halogens is 1. The van der Waals surface area contributed by atoms with Crippen LogP contribution in [0, 0.1) is 5.82 Å². The molecule has 84 valence electrons. The molecule has 0 radical (unpaired) electrons. The van der Waals surface area contributed by atoms with Crippen molar-refractivity contribution in [3.8, 4) is 5.75 Å². The van der Waals surface area contributed by atoms with Gasteiger partial charge in [-0.25, -0.2) is 4.39 Å². The Balaban J connectivity index is 3.00. The third-order valence-corrected chi connectivity index (χ3v) is 2.11. The summed E-state index contributed by atoms with van der Waals surface area (Å²) in [5.41, 5.74) is 6.81. The summed E-state index contributed by atoms with van der Waals surface area (Å²) < 4.78 is 13.3. The van der Waals surface area contributed by atoms with Crippen LogP contribution in [0.25, 0.3) is 0 Å². The first-order chi connectivity index (χ1) is 7.04. The molecule has 0 aliphatic carbocycles. The normalized spacial score (nSPS) is 11.0. The van der Waals surface area contributed by atoms with Gasteiger partial charge in [0.25, 0.3) is 0 Å². The quantitative estimate of drug-likeness (QED) is 0.785. The molecule has 1 aromatic rings. The molecule has 3 N–H and O–H groups in total. The Morgan fingerprint density at radius 3 is 2.60 bits per heavy atom. The van der Waals surface area contributed by atoms with Crippen LogP contribution < -0.4 is 5.73 Å². The smallest absolute Gasteiger partial charge is 0.165 e. The summed E-state index contributed by atoms with van der Waals surface area (Å²) in [4.78, 5) is 1.94. The lowest BCUT2D eigenvalue weighted by molar-refractivity contribution is 0.396. The zero-order chi connectivity index (χ0) is 11.4. The van der Waals surface area contributed by atoms with Gasteiger partial charge in [0.15, 0.2) is 11.6 Å². The number of phenolic OH excluding ortho intramolecular Hbond substituents is 1. The van der Waals surface area contributed by atoms with Gasteiger partial charge in [-0.2, -0.15) is 0 Å². The van der Waals surface area contributed by atoms with E-state index in [0.29, 0.717) is 25.1 Å². The van der Waals surface area contributed by atoms with Crippen LogP contribution in [-0.4, -0.2) is 30.6 Å². The standard InChI is InChI=1S/C11H17FN2O/c1-14(2)7-8-5-9(3-4-13)11(15)10(12)6-8/h5-6,15H,3-4,7,13H2,1-2H3. The number of aromatic hydroxyl groups is 1. The number of nitrogens with zero attached hydrogens (tertiary/aromatic N) is 1. The second kappa shape index (κ2) is 5.09. The predicted molar refractivity (Wildman–Crippen MR) is 58.2 cm³/mol. The van der Waals surface area contributed by atoms with Gasteiger partial charge in [-0.3, -0.25) is 0 Å². The van der Waals surface area contributed by atoms with E-state index in [0.717, 1.165) is 5.56 Å². The Kier molecular flexibility index (Phi) is 4.05. The number of nitrogens with two attached hydrogens (primary N) is 1. The molecule has 15 heavy (non-hydrogen) atoms. The summed E-state index contributed by atoms with van der Waals surface area (Å²) in [7, 11) is 3.82. The third-order valence-electron chi connectivity index (χ3n) is 2.11. The molecule has 0 spiro atoms. The van der Waals surface area contributed by atoms with Crippen molar-refractivity contribution in [3.05, 3.63) is 29.1 Å². The molecule has 3 nitrogen and oxygen atoms in total. The van der Waals surface area contributed by atoms with Gasteiger partial charge >= 0.3 is 0 Å². The van der Waals surface area contributed by atoms with Gasteiger partial charge in [-0.15, -0.1) is 0 Å². The fraction of sp³-hybridized carbons (Fsp3) is 0.455. The van der Waals surface area contributed by atoms with Gasteiger partial charge in [0.2, 0.25) is 0 Å². The van der Waals surface area contributed by atoms with E-state index in [2.05, 4.69) is 0 Å². The molecule has 4 heteroatoms. The molecule has 0 aliphatic rings. The summed E-state index contributed by atoms with van der Waals surface area (Å²) in [5.74, 6) is -0.847. The van der Waals surface area contributed by atoms with Crippen LogP contribution in [0.3, 0.4) is 0 Å². The monoisotopic (exact) mass is 212 g/mol. The fourth-order valence-corrected chi connectivity index (χ4v) is 1.52. The molecule has 0 unspecified atom stereocenters. The summed E-state index contributed by atoms with van der Waals surface area (Å²) in [6.07, 6.45) is 0.490. The molecule has 0 aliphatic heterocycles. The van der Waals surface area contributed by atoms with E-state index >= 15 is 0 Å². The molecular weight excluding hydrogens is 195 g/mol. The van der Waals surface area contributed by atoms with Crippen molar-refractivity contribution in [2.75, 3.05) is 20.6 Å². The van der Waals surface area contributed by atoms with E-state index in [-0.39, 0.29) is 5.75 Å². The molecule has 0 heterocycles. The number of hydrogen-bond acceptors (Lipinski definition) is 3. The molecule has 0 bridgehead atoms.